The first-order valence-corrected chi connectivity index (χ1v) is 5.70. The van der Waals surface area contributed by atoms with Gasteiger partial charge in [-0.05, 0) is 19.1 Å². The quantitative estimate of drug-likeness (QED) is 0.572. The van der Waals surface area contributed by atoms with Crippen LogP contribution in [0.15, 0.2) is 17.2 Å². The van der Waals surface area contributed by atoms with E-state index in [2.05, 4.69) is 20.2 Å². The molecule has 1 aliphatic rings. The highest BCUT2D eigenvalue weighted by molar-refractivity contribution is 5.56. The summed E-state index contributed by atoms with van der Waals surface area (Å²) in [5.74, 6) is 1.63. The second kappa shape index (κ2) is 5.58. The standard InChI is InChI=1S/C11H17N5O/c1-3-12-15(2)10-4-5-11(14-13-10)16-6-8-17-9-7-16/h3-5H,6-9H2,1-2H3/b12-3-. The third kappa shape index (κ3) is 2.91. The third-order valence-corrected chi connectivity index (χ3v) is 2.59. The number of aromatic nitrogens is 2. The highest BCUT2D eigenvalue weighted by Gasteiger charge is 2.13. The number of hydrogen-bond donors (Lipinski definition) is 0. The van der Waals surface area contributed by atoms with Gasteiger partial charge in [-0.15, -0.1) is 10.2 Å². The maximum Gasteiger partial charge on any atom is 0.171 e. The predicted molar refractivity (Wildman–Crippen MR) is 67.6 cm³/mol. The van der Waals surface area contributed by atoms with Crippen LogP contribution in [0.4, 0.5) is 11.6 Å². The molecular weight excluding hydrogens is 218 g/mol. The van der Waals surface area contributed by atoms with E-state index in [1.54, 1.807) is 11.2 Å². The number of nitrogens with zero attached hydrogens (tertiary/aromatic N) is 5. The van der Waals surface area contributed by atoms with Gasteiger partial charge in [0.15, 0.2) is 11.6 Å². The zero-order chi connectivity index (χ0) is 12.1. The molecule has 0 unspecified atom stereocenters. The Morgan fingerprint density at radius 1 is 1.35 bits per heavy atom. The van der Waals surface area contributed by atoms with Crippen LogP contribution >= 0.6 is 0 Å². The van der Waals surface area contributed by atoms with E-state index in [0.717, 1.165) is 37.9 Å². The monoisotopic (exact) mass is 235 g/mol. The summed E-state index contributed by atoms with van der Waals surface area (Å²) >= 11 is 0. The summed E-state index contributed by atoms with van der Waals surface area (Å²) in [5, 5.41) is 14.2. The number of rotatable bonds is 3. The van der Waals surface area contributed by atoms with Gasteiger partial charge in [0, 0.05) is 26.4 Å². The summed E-state index contributed by atoms with van der Waals surface area (Å²) in [6.45, 7) is 5.12. The summed E-state index contributed by atoms with van der Waals surface area (Å²) in [5.41, 5.74) is 0. The Morgan fingerprint density at radius 3 is 2.71 bits per heavy atom. The molecule has 17 heavy (non-hydrogen) atoms. The van der Waals surface area contributed by atoms with Crippen LogP contribution in [0.2, 0.25) is 0 Å². The van der Waals surface area contributed by atoms with E-state index >= 15 is 0 Å². The van der Waals surface area contributed by atoms with E-state index in [1.807, 2.05) is 26.1 Å². The van der Waals surface area contributed by atoms with Crippen molar-refractivity contribution in [3.63, 3.8) is 0 Å². The molecule has 0 N–H and O–H groups in total. The SMILES string of the molecule is C/C=N\N(C)c1ccc(N2CCOCC2)nn1. The first-order valence-electron chi connectivity index (χ1n) is 5.70. The van der Waals surface area contributed by atoms with Crippen molar-refractivity contribution in [1.82, 2.24) is 10.2 Å². The number of hydrazone groups is 1. The Labute approximate surface area is 101 Å². The molecule has 1 aromatic heterocycles. The molecule has 2 heterocycles. The molecule has 0 spiro atoms. The van der Waals surface area contributed by atoms with Gasteiger partial charge in [0.2, 0.25) is 0 Å². The number of anilines is 2. The van der Waals surface area contributed by atoms with E-state index in [9.17, 15) is 0 Å². The fourth-order valence-electron chi connectivity index (χ4n) is 1.68. The maximum absolute atomic E-state index is 5.30. The summed E-state index contributed by atoms with van der Waals surface area (Å²) in [6, 6.07) is 3.89. The lowest BCUT2D eigenvalue weighted by Gasteiger charge is -2.27. The van der Waals surface area contributed by atoms with E-state index < -0.39 is 0 Å². The van der Waals surface area contributed by atoms with Crippen molar-refractivity contribution in [1.29, 1.82) is 0 Å². The number of hydrogen-bond acceptors (Lipinski definition) is 6. The molecular formula is C11H17N5O. The molecule has 2 rings (SSSR count). The van der Waals surface area contributed by atoms with Crippen molar-refractivity contribution in [2.45, 2.75) is 6.92 Å². The molecule has 1 saturated heterocycles. The number of morpholine rings is 1. The summed E-state index contributed by atoms with van der Waals surface area (Å²) < 4.78 is 5.30. The second-order valence-corrected chi connectivity index (χ2v) is 3.75. The van der Waals surface area contributed by atoms with Gasteiger partial charge in [0.05, 0.1) is 13.2 Å². The van der Waals surface area contributed by atoms with Crippen LogP contribution in [-0.4, -0.2) is 49.8 Å². The number of ether oxygens (including phenoxy) is 1. The molecule has 0 amide bonds. The summed E-state index contributed by atoms with van der Waals surface area (Å²) in [6.07, 6.45) is 1.72. The van der Waals surface area contributed by atoms with Crippen molar-refractivity contribution in [2.75, 3.05) is 43.3 Å². The molecule has 1 aromatic rings. The van der Waals surface area contributed by atoms with Gasteiger partial charge in [0.25, 0.3) is 0 Å². The van der Waals surface area contributed by atoms with E-state index in [-0.39, 0.29) is 0 Å². The Kier molecular flexibility index (Phi) is 3.87. The summed E-state index contributed by atoms with van der Waals surface area (Å²) in [7, 11) is 1.85. The van der Waals surface area contributed by atoms with Crippen molar-refractivity contribution >= 4 is 17.9 Å². The van der Waals surface area contributed by atoms with Crippen LogP contribution < -0.4 is 9.91 Å². The minimum atomic E-state index is 0.736. The van der Waals surface area contributed by atoms with Crippen LogP contribution in [0.25, 0.3) is 0 Å². The van der Waals surface area contributed by atoms with Crippen molar-refractivity contribution < 1.29 is 4.74 Å². The lowest BCUT2D eigenvalue weighted by molar-refractivity contribution is 0.122. The Bertz CT molecular complexity index is 372. The van der Waals surface area contributed by atoms with Crippen LogP contribution in [0.1, 0.15) is 6.92 Å². The third-order valence-electron chi connectivity index (χ3n) is 2.59. The predicted octanol–water partition coefficient (Wildman–Crippen LogP) is 0.755. The minimum absolute atomic E-state index is 0.736. The lowest BCUT2D eigenvalue weighted by atomic mass is 10.4. The topological polar surface area (TPSA) is 53.9 Å². The van der Waals surface area contributed by atoms with Gasteiger partial charge in [0.1, 0.15) is 0 Å². The van der Waals surface area contributed by atoms with Crippen LogP contribution in [0.5, 0.6) is 0 Å². The molecule has 0 bridgehead atoms. The molecule has 0 aromatic carbocycles. The highest BCUT2D eigenvalue weighted by atomic mass is 16.5. The fourth-order valence-corrected chi connectivity index (χ4v) is 1.68. The Balaban J connectivity index is 2.06. The Morgan fingerprint density at radius 2 is 2.12 bits per heavy atom. The van der Waals surface area contributed by atoms with E-state index in [0.29, 0.717) is 0 Å². The molecule has 0 atom stereocenters. The van der Waals surface area contributed by atoms with Gasteiger partial charge in [-0.2, -0.15) is 5.10 Å². The van der Waals surface area contributed by atoms with Crippen LogP contribution in [0, 0.1) is 0 Å². The van der Waals surface area contributed by atoms with Gasteiger partial charge >= 0.3 is 0 Å². The zero-order valence-electron chi connectivity index (χ0n) is 10.2. The molecule has 1 fully saturated rings. The molecule has 1 aliphatic heterocycles. The molecule has 0 radical (unpaired) electrons. The second-order valence-electron chi connectivity index (χ2n) is 3.75. The highest BCUT2D eigenvalue weighted by Crippen LogP contribution is 2.14. The van der Waals surface area contributed by atoms with Gasteiger partial charge < -0.3 is 9.64 Å². The average molecular weight is 235 g/mol. The van der Waals surface area contributed by atoms with Crippen molar-refractivity contribution in [3.05, 3.63) is 12.1 Å². The first kappa shape index (κ1) is 11.8. The molecule has 92 valence electrons. The van der Waals surface area contributed by atoms with Crippen LogP contribution in [-0.2, 0) is 4.74 Å². The van der Waals surface area contributed by atoms with E-state index in [4.69, 9.17) is 4.74 Å². The smallest absolute Gasteiger partial charge is 0.171 e. The average Bonchev–Trinajstić information content (AvgIpc) is 2.40. The zero-order valence-corrected chi connectivity index (χ0v) is 10.2. The first-order chi connectivity index (χ1) is 8.31. The van der Waals surface area contributed by atoms with E-state index in [1.165, 1.54) is 0 Å². The fraction of sp³-hybridized carbons (Fsp3) is 0.545. The summed E-state index contributed by atoms with van der Waals surface area (Å²) in [4.78, 5) is 2.17. The van der Waals surface area contributed by atoms with Gasteiger partial charge in [-0.25, -0.2) is 5.01 Å². The molecule has 6 heteroatoms. The van der Waals surface area contributed by atoms with Gasteiger partial charge in [-0.1, -0.05) is 0 Å². The maximum atomic E-state index is 5.30. The van der Waals surface area contributed by atoms with Crippen LogP contribution in [0.3, 0.4) is 0 Å². The Hall–Kier alpha value is -1.69. The largest absolute Gasteiger partial charge is 0.378 e. The van der Waals surface area contributed by atoms with Crippen molar-refractivity contribution in [3.8, 4) is 0 Å². The lowest BCUT2D eigenvalue weighted by Crippen LogP contribution is -2.36. The molecule has 6 nitrogen and oxygen atoms in total. The normalized spacial score (nSPS) is 16.5. The van der Waals surface area contributed by atoms with Crippen molar-refractivity contribution in [2.24, 2.45) is 5.10 Å². The minimum Gasteiger partial charge on any atom is -0.378 e. The molecule has 0 saturated carbocycles. The molecule has 0 aliphatic carbocycles. The van der Waals surface area contributed by atoms with Gasteiger partial charge in [-0.3, -0.25) is 0 Å².